The number of thiazole rings is 1. The molecule has 0 amide bonds. The number of anilines is 1. The third-order valence-corrected chi connectivity index (χ3v) is 2.50. The van der Waals surface area contributed by atoms with Gasteiger partial charge in [-0.2, -0.15) is 0 Å². The Morgan fingerprint density at radius 2 is 2.43 bits per heavy atom. The lowest BCUT2D eigenvalue weighted by atomic mass is 10.4. The van der Waals surface area contributed by atoms with E-state index in [1.165, 1.54) is 11.3 Å². The molecule has 0 radical (unpaired) electrons. The van der Waals surface area contributed by atoms with E-state index >= 15 is 0 Å². The Kier molecular flexibility index (Phi) is 2.45. The third-order valence-electron chi connectivity index (χ3n) is 1.83. The van der Waals surface area contributed by atoms with Crippen molar-refractivity contribution in [2.75, 3.05) is 5.73 Å². The molecule has 0 aliphatic carbocycles. The molecular formula is C8H11N5S. The summed E-state index contributed by atoms with van der Waals surface area (Å²) >= 11 is 1.41. The van der Waals surface area contributed by atoms with Gasteiger partial charge in [-0.05, 0) is 6.42 Å². The van der Waals surface area contributed by atoms with Crippen LogP contribution in [0.15, 0.2) is 11.7 Å². The second-order valence-electron chi connectivity index (χ2n) is 2.92. The summed E-state index contributed by atoms with van der Waals surface area (Å²) in [5, 5.41) is 10.3. The lowest BCUT2D eigenvalue weighted by molar-refractivity contribution is 0.681. The van der Waals surface area contributed by atoms with Gasteiger partial charge in [0.2, 0.25) is 0 Å². The van der Waals surface area contributed by atoms with E-state index in [1.807, 2.05) is 9.95 Å². The second kappa shape index (κ2) is 3.75. The van der Waals surface area contributed by atoms with Crippen molar-refractivity contribution in [3.8, 4) is 11.5 Å². The maximum atomic E-state index is 5.56. The van der Waals surface area contributed by atoms with E-state index in [2.05, 4.69) is 22.1 Å². The van der Waals surface area contributed by atoms with Crippen LogP contribution in [0.3, 0.4) is 0 Å². The molecule has 74 valence electrons. The lowest BCUT2D eigenvalue weighted by Gasteiger charge is -2.00. The van der Waals surface area contributed by atoms with E-state index in [0.29, 0.717) is 5.13 Å². The van der Waals surface area contributed by atoms with Gasteiger partial charge in [0, 0.05) is 11.9 Å². The third kappa shape index (κ3) is 1.60. The van der Waals surface area contributed by atoms with Crippen molar-refractivity contribution in [3.63, 3.8) is 0 Å². The zero-order valence-corrected chi connectivity index (χ0v) is 8.66. The summed E-state index contributed by atoms with van der Waals surface area (Å²) in [5.41, 5.74) is 6.36. The van der Waals surface area contributed by atoms with Crippen LogP contribution in [0.2, 0.25) is 0 Å². The van der Waals surface area contributed by atoms with Gasteiger partial charge in [0.05, 0.1) is 0 Å². The highest BCUT2D eigenvalue weighted by Gasteiger charge is 2.09. The lowest BCUT2D eigenvalue weighted by Crippen LogP contribution is -1.98. The maximum absolute atomic E-state index is 5.56. The van der Waals surface area contributed by atoms with Crippen molar-refractivity contribution in [2.24, 2.45) is 0 Å². The summed E-state index contributed by atoms with van der Waals surface area (Å²) in [7, 11) is 0. The molecule has 14 heavy (non-hydrogen) atoms. The molecule has 2 N–H and O–H groups in total. The first kappa shape index (κ1) is 9.14. The quantitative estimate of drug-likeness (QED) is 0.829. The number of nitrogens with two attached hydrogens (primary N) is 1. The van der Waals surface area contributed by atoms with Gasteiger partial charge in [0.15, 0.2) is 11.0 Å². The molecule has 0 fully saturated rings. The largest absolute Gasteiger partial charge is 0.375 e. The average molecular weight is 209 g/mol. The highest BCUT2D eigenvalue weighted by Crippen LogP contribution is 2.20. The fourth-order valence-corrected chi connectivity index (χ4v) is 1.79. The molecule has 0 aliphatic rings. The van der Waals surface area contributed by atoms with E-state index in [1.54, 1.807) is 6.33 Å². The molecule has 2 aromatic rings. The van der Waals surface area contributed by atoms with Crippen LogP contribution >= 0.6 is 11.3 Å². The van der Waals surface area contributed by atoms with Gasteiger partial charge in [0.1, 0.15) is 12.0 Å². The highest BCUT2D eigenvalue weighted by atomic mass is 32.1. The number of hydrogen-bond donors (Lipinski definition) is 1. The van der Waals surface area contributed by atoms with Gasteiger partial charge in [-0.1, -0.05) is 6.92 Å². The minimum absolute atomic E-state index is 0.561. The van der Waals surface area contributed by atoms with E-state index in [-0.39, 0.29) is 0 Å². The van der Waals surface area contributed by atoms with Gasteiger partial charge >= 0.3 is 0 Å². The van der Waals surface area contributed by atoms with Crippen molar-refractivity contribution in [2.45, 2.75) is 19.9 Å². The average Bonchev–Trinajstić information content (AvgIpc) is 2.74. The molecule has 0 aliphatic heterocycles. The van der Waals surface area contributed by atoms with Crippen molar-refractivity contribution in [3.05, 3.63) is 11.7 Å². The zero-order chi connectivity index (χ0) is 9.97. The summed E-state index contributed by atoms with van der Waals surface area (Å²) in [6.45, 7) is 3.01. The van der Waals surface area contributed by atoms with Gasteiger partial charge in [-0.15, -0.1) is 21.5 Å². The van der Waals surface area contributed by atoms with Crippen LogP contribution in [0.4, 0.5) is 5.13 Å². The summed E-state index contributed by atoms with van der Waals surface area (Å²) < 4.78 is 1.98. The first-order valence-electron chi connectivity index (χ1n) is 4.40. The molecule has 0 unspecified atom stereocenters. The first-order chi connectivity index (χ1) is 6.81. The molecule has 0 saturated carbocycles. The van der Waals surface area contributed by atoms with Crippen LogP contribution in [0.25, 0.3) is 11.5 Å². The zero-order valence-electron chi connectivity index (χ0n) is 7.84. The van der Waals surface area contributed by atoms with Crippen molar-refractivity contribution in [1.29, 1.82) is 0 Å². The summed E-state index contributed by atoms with van der Waals surface area (Å²) in [6, 6.07) is 0. The Labute approximate surface area is 85.6 Å². The molecule has 2 heterocycles. The summed E-state index contributed by atoms with van der Waals surface area (Å²) in [4.78, 5) is 4.17. The Hall–Kier alpha value is -1.43. The topological polar surface area (TPSA) is 69.6 Å². The normalized spacial score (nSPS) is 10.6. The van der Waals surface area contributed by atoms with Gasteiger partial charge < -0.3 is 10.3 Å². The fourth-order valence-electron chi connectivity index (χ4n) is 1.25. The van der Waals surface area contributed by atoms with Gasteiger partial charge in [-0.25, -0.2) is 4.98 Å². The number of aromatic nitrogens is 4. The number of rotatable bonds is 3. The summed E-state index contributed by atoms with van der Waals surface area (Å²) in [6.07, 6.45) is 2.76. The second-order valence-corrected chi connectivity index (χ2v) is 3.81. The van der Waals surface area contributed by atoms with Crippen molar-refractivity contribution in [1.82, 2.24) is 19.7 Å². The molecule has 0 bridgehead atoms. The fraction of sp³-hybridized carbons (Fsp3) is 0.375. The van der Waals surface area contributed by atoms with Crippen LogP contribution in [-0.2, 0) is 6.54 Å². The van der Waals surface area contributed by atoms with Gasteiger partial charge in [-0.3, -0.25) is 0 Å². The SMILES string of the molecule is CCCn1cnnc1-c1csc(N)n1. The molecule has 0 atom stereocenters. The number of hydrogen-bond acceptors (Lipinski definition) is 5. The Bertz CT molecular complexity index is 419. The molecular weight excluding hydrogens is 198 g/mol. The van der Waals surface area contributed by atoms with Crippen LogP contribution in [0.5, 0.6) is 0 Å². The number of aryl methyl sites for hydroxylation is 1. The van der Waals surface area contributed by atoms with Crippen LogP contribution < -0.4 is 5.73 Å². The monoisotopic (exact) mass is 209 g/mol. The van der Waals surface area contributed by atoms with Crippen LogP contribution in [-0.4, -0.2) is 19.7 Å². The van der Waals surface area contributed by atoms with E-state index < -0.39 is 0 Å². The maximum Gasteiger partial charge on any atom is 0.183 e. The molecule has 0 aromatic carbocycles. The van der Waals surface area contributed by atoms with E-state index in [9.17, 15) is 0 Å². The minimum atomic E-state index is 0.561. The van der Waals surface area contributed by atoms with Crippen molar-refractivity contribution >= 4 is 16.5 Å². The Balaban J connectivity index is 2.36. The number of nitrogens with zero attached hydrogens (tertiary/aromatic N) is 4. The molecule has 5 nitrogen and oxygen atoms in total. The molecule has 6 heteroatoms. The molecule has 0 saturated heterocycles. The molecule has 2 aromatic heterocycles. The van der Waals surface area contributed by atoms with E-state index in [0.717, 1.165) is 24.5 Å². The summed E-state index contributed by atoms with van der Waals surface area (Å²) in [5.74, 6) is 0.791. The smallest absolute Gasteiger partial charge is 0.183 e. The predicted molar refractivity (Wildman–Crippen MR) is 55.8 cm³/mol. The number of nitrogen functional groups attached to an aromatic ring is 1. The Morgan fingerprint density at radius 3 is 3.07 bits per heavy atom. The van der Waals surface area contributed by atoms with Crippen LogP contribution in [0.1, 0.15) is 13.3 Å². The van der Waals surface area contributed by atoms with E-state index in [4.69, 9.17) is 5.73 Å². The highest BCUT2D eigenvalue weighted by molar-refractivity contribution is 7.13. The minimum Gasteiger partial charge on any atom is -0.375 e. The Morgan fingerprint density at radius 1 is 1.57 bits per heavy atom. The molecule has 2 rings (SSSR count). The van der Waals surface area contributed by atoms with Crippen LogP contribution in [0, 0.1) is 0 Å². The standard InChI is InChI=1S/C8H11N5S/c1-2-3-13-5-10-12-7(13)6-4-14-8(9)11-6/h4-5H,2-3H2,1H3,(H2,9,11). The first-order valence-corrected chi connectivity index (χ1v) is 5.28. The molecule has 0 spiro atoms. The predicted octanol–water partition coefficient (Wildman–Crippen LogP) is 1.39. The van der Waals surface area contributed by atoms with Gasteiger partial charge in [0.25, 0.3) is 0 Å². The van der Waals surface area contributed by atoms with Crippen molar-refractivity contribution < 1.29 is 0 Å².